The molecule has 0 atom stereocenters. The first-order valence-electron chi connectivity index (χ1n) is 8.24. The summed E-state index contributed by atoms with van der Waals surface area (Å²) in [6.45, 7) is 0.886. The molecule has 1 fully saturated rings. The number of anilines is 1. The number of carbonyl (C=O) groups excluding carboxylic acids is 1. The van der Waals surface area contributed by atoms with Crippen LogP contribution in [0.25, 0.3) is 0 Å². The number of piperidine rings is 1. The minimum absolute atomic E-state index is 0.0675. The van der Waals surface area contributed by atoms with Crippen LogP contribution in [-0.4, -0.2) is 31.7 Å². The van der Waals surface area contributed by atoms with Crippen LogP contribution in [0.1, 0.15) is 29.6 Å². The maximum absolute atomic E-state index is 13.2. The second kappa shape index (κ2) is 7.73. The zero-order valence-electron chi connectivity index (χ0n) is 13.9. The smallest absolute Gasteiger partial charge is 0.255 e. The van der Waals surface area contributed by atoms with Gasteiger partial charge in [0.1, 0.15) is 10.7 Å². The molecule has 8 heteroatoms. The number of amides is 1. The van der Waals surface area contributed by atoms with Gasteiger partial charge in [-0.25, -0.2) is 12.8 Å². The second-order valence-electron chi connectivity index (χ2n) is 6.07. The Morgan fingerprint density at radius 3 is 2.50 bits per heavy atom. The molecule has 0 saturated carbocycles. The first-order valence-corrected chi connectivity index (χ1v) is 10.1. The van der Waals surface area contributed by atoms with E-state index in [4.69, 9.17) is 11.6 Å². The number of rotatable bonds is 4. The average Bonchev–Trinajstić information content (AvgIpc) is 2.62. The second-order valence-corrected chi connectivity index (χ2v) is 8.39. The third kappa shape index (κ3) is 4.06. The van der Waals surface area contributed by atoms with Crippen LogP contribution >= 0.6 is 11.6 Å². The van der Waals surface area contributed by atoms with E-state index in [-0.39, 0.29) is 21.2 Å². The van der Waals surface area contributed by atoms with E-state index in [9.17, 15) is 17.6 Å². The lowest BCUT2D eigenvalue weighted by Crippen LogP contribution is -2.35. The van der Waals surface area contributed by atoms with Crippen LogP contribution < -0.4 is 5.32 Å². The fourth-order valence-corrected chi connectivity index (χ4v) is 4.87. The monoisotopic (exact) mass is 396 g/mol. The summed E-state index contributed by atoms with van der Waals surface area (Å²) in [6, 6.07) is 9.55. The molecule has 0 radical (unpaired) electrons. The molecule has 2 aromatic carbocycles. The maximum Gasteiger partial charge on any atom is 0.255 e. The molecular weight excluding hydrogens is 379 g/mol. The van der Waals surface area contributed by atoms with Gasteiger partial charge in [0.05, 0.1) is 5.02 Å². The van der Waals surface area contributed by atoms with Crippen molar-refractivity contribution in [2.45, 2.75) is 24.2 Å². The first-order chi connectivity index (χ1) is 12.4. The molecular formula is C18H18ClFN2O3S. The van der Waals surface area contributed by atoms with Gasteiger partial charge in [0.2, 0.25) is 10.0 Å². The van der Waals surface area contributed by atoms with Gasteiger partial charge in [-0.05, 0) is 49.2 Å². The molecule has 0 unspecified atom stereocenters. The van der Waals surface area contributed by atoms with Crippen LogP contribution in [0, 0.1) is 5.82 Å². The molecule has 0 aromatic heterocycles. The van der Waals surface area contributed by atoms with E-state index in [1.54, 1.807) is 6.07 Å². The zero-order chi connectivity index (χ0) is 18.7. The number of halogens is 2. The molecule has 0 bridgehead atoms. The van der Waals surface area contributed by atoms with E-state index in [0.29, 0.717) is 13.1 Å². The largest absolute Gasteiger partial charge is 0.322 e. The highest BCUT2D eigenvalue weighted by Gasteiger charge is 2.28. The Morgan fingerprint density at radius 2 is 1.81 bits per heavy atom. The van der Waals surface area contributed by atoms with Gasteiger partial charge in [-0.2, -0.15) is 4.31 Å². The molecule has 0 spiro atoms. The van der Waals surface area contributed by atoms with Crippen LogP contribution in [0.2, 0.25) is 5.02 Å². The molecule has 1 aliphatic heterocycles. The Morgan fingerprint density at radius 1 is 1.08 bits per heavy atom. The number of benzene rings is 2. The van der Waals surface area contributed by atoms with Crippen molar-refractivity contribution in [1.29, 1.82) is 0 Å². The summed E-state index contributed by atoms with van der Waals surface area (Å²) in [5.74, 6) is -1.02. The summed E-state index contributed by atoms with van der Waals surface area (Å²) in [5, 5.41) is 2.61. The fourth-order valence-electron chi connectivity index (χ4n) is 2.86. The topological polar surface area (TPSA) is 66.5 Å². The van der Waals surface area contributed by atoms with Gasteiger partial charge in [-0.3, -0.25) is 4.79 Å². The van der Waals surface area contributed by atoms with Crippen LogP contribution in [0.3, 0.4) is 0 Å². The summed E-state index contributed by atoms with van der Waals surface area (Å²) in [5.41, 5.74) is 0.416. The molecule has 1 heterocycles. The van der Waals surface area contributed by atoms with Crippen LogP contribution in [0.4, 0.5) is 10.1 Å². The highest BCUT2D eigenvalue weighted by Crippen LogP contribution is 2.28. The standard InChI is InChI=1S/C18H18ClFN2O3S/c19-16-8-7-13(18(23)21-15-6-4-5-14(20)12-15)11-17(16)26(24,25)22-9-2-1-3-10-22/h4-8,11-12H,1-3,9-10H2,(H,21,23). The van der Waals surface area contributed by atoms with Crippen molar-refractivity contribution in [1.82, 2.24) is 4.31 Å². The maximum atomic E-state index is 13.2. The molecule has 2 aromatic rings. The predicted molar refractivity (Wildman–Crippen MR) is 98.4 cm³/mol. The Kier molecular flexibility index (Phi) is 5.60. The van der Waals surface area contributed by atoms with Crippen molar-refractivity contribution in [2.75, 3.05) is 18.4 Å². The van der Waals surface area contributed by atoms with Gasteiger partial charge in [-0.1, -0.05) is 24.1 Å². The van der Waals surface area contributed by atoms with Crippen LogP contribution in [0.15, 0.2) is 47.4 Å². The Labute approximate surface area is 156 Å². The Hall–Kier alpha value is -1.96. The molecule has 1 N–H and O–H groups in total. The molecule has 0 aliphatic carbocycles. The molecule has 138 valence electrons. The summed E-state index contributed by atoms with van der Waals surface area (Å²) in [4.78, 5) is 12.3. The van der Waals surface area contributed by atoms with Gasteiger partial charge < -0.3 is 5.32 Å². The number of sulfonamides is 1. The highest BCUT2D eigenvalue weighted by atomic mass is 35.5. The highest BCUT2D eigenvalue weighted by molar-refractivity contribution is 7.89. The van der Waals surface area contributed by atoms with E-state index in [0.717, 1.165) is 19.3 Å². The normalized spacial score (nSPS) is 15.6. The summed E-state index contributed by atoms with van der Waals surface area (Å²) >= 11 is 6.10. The minimum Gasteiger partial charge on any atom is -0.322 e. The summed E-state index contributed by atoms with van der Waals surface area (Å²) in [7, 11) is -3.77. The van der Waals surface area contributed by atoms with Crippen molar-refractivity contribution >= 4 is 33.2 Å². The zero-order valence-corrected chi connectivity index (χ0v) is 15.5. The average molecular weight is 397 g/mol. The van der Waals surface area contributed by atoms with Crippen molar-refractivity contribution in [2.24, 2.45) is 0 Å². The third-order valence-corrected chi connectivity index (χ3v) is 6.59. The fraction of sp³-hybridized carbons (Fsp3) is 0.278. The van der Waals surface area contributed by atoms with E-state index >= 15 is 0 Å². The number of nitrogens with zero attached hydrogens (tertiary/aromatic N) is 1. The number of nitrogens with one attached hydrogen (secondary N) is 1. The van der Waals surface area contributed by atoms with Gasteiger partial charge in [0.25, 0.3) is 5.91 Å². The van der Waals surface area contributed by atoms with Crippen LogP contribution in [0.5, 0.6) is 0 Å². The Balaban J connectivity index is 1.88. The SMILES string of the molecule is O=C(Nc1cccc(F)c1)c1ccc(Cl)c(S(=O)(=O)N2CCCCC2)c1. The molecule has 5 nitrogen and oxygen atoms in total. The van der Waals surface area contributed by atoms with Crippen molar-refractivity contribution in [3.63, 3.8) is 0 Å². The molecule has 1 aliphatic rings. The van der Waals surface area contributed by atoms with Crippen molar-refractivity contribution in [3.05, 3.63) is 58.9 Å². The van der Waals surface area contributed by atoms with E-state index < -0.39 is 21.7 Å². The summed E-state index contributed by atoms with van der Waals surface area (Å²) in [6.07, 6.45) is 2.60. The number of hydrogen-bond acceptors (Lipinski definition) is 3. The lowest BCUT2D eigenvalue weighted by atomic mass is 10.2. The van der Waals surface area contributed by atoms with Gasteiger partial charge >= 0.3 is 0 Å². The van der Waals surface area contributed by atoms with Crippen LogP contribution in [-0.2, 0) is 10.0 Å². The molecule has 1 amide bonds. The van der Waals surface area contributed by atoms with E-state index in [1.807, 2.05) is 0 Å². The molecule has 26 heavy (non-hydrogen) atoms. The van der Waals surface area contributed by atoms with Crippen molar-refractivity contribution < 1.29 is 17.6 Å². The van der Waals surface area contributed by atoms with Gasteiger partial charge in [0.15, 0.2) is 0 Å². The quantitative estimate of drug-likeness (QED) is 0.852. The molecule has 1 saturated heterocycles. The first kappa shape index (κ1) is 18.8. The van der Waals surface area contributed by atoms with E-state index in [2.05, 4.69) is 5.32 Å². The molecule has 3 rings (SSSR count). The third-order valence-electron chi connectivity index (χ3n) is 4.21. The lowest BCUT2D eigenvalue weighted by Gasteiger charge is -2.26. The number of hydrogen-bond donors (Lipinski definition) is 1. The van der Waals surface area contributed by atoms with Gasteiger partial charge in [-0.15, -0.1) is 0 Å². The minimum atomic E-state index is -3.77. The lowest BCUT2D eigenvalue weighted by molar-refractivity contribution is 0.102. The van der Waals surface area contributed by atoms with Crippen molar-refractivity contribution in [3.8, 4) is 0 Å². The summed E-state index contributed by atoms with van der Waals surface area (Å²) < 4.78 is 40.3. The van der Waals surface area contributed by atoms with Gasteiger partial charge in [0, 0.05) is 24.3 Å². The Bertz CT molecular complexity index is 928. The predicted octanol–water partition coefficient (Wildman–Crippen LogP) is 3.91. The number of carbonyl (C=O) groups is 1. The van der Waals surface area contributed by atoms with E-state index in [1.165, 1.54) is 40.7 Å².